The number of carbonyl (C=O) groups is 2. The van der Waals surface area contributed by atoms with Crippen molar-refractivity contribution in [1.29, 1.82) is 0 Å². The summed E-state index contributed by atoms with van der Waals surface area (Å²) in [6, 6.07) is 15.7. The summed E-state index contributed by atoms with van der Waals surface area (Å²) in [5.74, 6) is -0.632. The Bertz CT molecular complexity index is 1810. The van der Waals surface area contributed by atoms with Crippen LogP contribution in [0.3, 0.4) is 0 Å². The Kier molecular flexibility index (Phi) is 11.4. The van der Waals surface area contributed by atoms with Gasteiger partial charge in [0.2, 0.25) is 5.91 Å². The minimum absolute atomic E-state index is 0.0892. The van der Waals surface area contributed by atoms with E-state index in [1.807, 2.05) is 77.6 Å². The number of aryl methyl sites for hydroxylation is 1. The van der Waals surface area contributed by atoms with Crippen molar-refractivity contribution in [3.05, 3.63) is 94.8 Å². The lowest BCUT2D eigenvalue weighted by atomic mass is 9.82. The van der Waals surface area contributed by atoms with Crippen LogP contribution in [0.2, 0.25) is 18.6 Å². The van der Waals surface area contributed by atoms with Gasteiger partial charge in [-0.3, -0.25) is 14.3 Å². The number of ether oxygens (including phenoxy) is 1. The zero-order valence-corrected chi connectivity index (χ0v) is 32.6. The van der Waals surface area contributed by atoms with E-state index in [4.69, 9.17) is 4.74 Å². The number of allylic oxidation sites excluding steroid dienone is 3. The van der Waals surface area contributed by atoms with Crippen LogP contribution in [-0.2, 0) is 26.5 Å². The van der Waals surface area contributed by atoms with E-state index in [0.717, 1.165) is 48.2 Å². The molecule has 11 heteroatoms. The predicted molar refractivity (Wildman–Crippen MR) is 207 cm³/mol. The van der Waals surface area contributed by atoms with Crippen LogP contribution in [0.5, 0.6) is 0 Å². The maximum Gasteiger partial charge on any atom is 0.264 e. The highest BCUT2D eigenvalue weighted by Gasteiger charge is 2.66. The molecule has 0 saturated carbocycles. The van der Waals surface area contributed by atoms with Gasteiger partial charge in [0.25, 0.3) is 5.91 Å². The summed E-state index contributed by atoms with van der Waals surface area (Å²) >= 11 is 0. The van der Waals surface area contributed by atoms with Gasteiger partial charge in [-0.25, -0.2) is 0 Å². The highest BCUT2D eigenvalue weighted by molar-refractivity contribution is 6.71. The quantitative estimate of drug-likeness (QED) is 0.146. The van der Waals surface area contributed by atoms with Crippen LogP contribution in [-0.4, -0.2) is 70.8 Å². The average molecular weight is 726 g/mol. The monoisotopic (exact) mass is 725 g/mol. The Morgan fingerprint density at radius 1 is 1.10 bits per heavy atom. The molecule has 6 rings (SSSR count). The molecule has 2 amide bonds. The Labute approximate surface area is 309 Å². The lowest BCUT2D eigenvalue weighted by molar-refractivity contribution is -0.145. The molecule has 1 spiro atoms. The third kappa shape index (κ3) is 7.46. The minimum atomic E-state index is -2.89. The summed E-state index contributed by atoms with van der Waals surface area (Å²) < 4.78 is 8.88. The number of amides is 2. The SMILES string of the molecule is CC(C)=CCC/C(C)=C/CN1C(=O)[C@@]2(O[C@@H](CCn3cc(C(CO)c4ccccc4)nn3)[C@H]([Si](C)(C)O)[C@H]2C)c2cc(N3CCCCC3=O)ccc21. The van der Waals surface area contributed by atoms with Crippen molar-refractivity contribution in [3.63, 3.8) is 0 Å². The predicted octanol–water partition coefficient (Wildman–Crippen LogP) is 6.85. The Morgan fingerprint density at radius 2 is 1.87 bits per heavy atom. The van der Waals surface area contributed by atoms with Gasteiger partial charge in [0.05, 0.1) is 30.0 Å². The summed E-state index contributed by atoms with van der Waals surface area (Å²) in [5.41, 5.74) is 4.96. The highest BCUT2D eigenvalue weighted by Crippen LogP contribution is 2.60. The van der Waals surface area contributed by atoms with E-state index >= 15 is 0 Å². The smallest absolute Gasteiger partial charge is 0.264 e. The molecule has 0 radical (unpaired) electrons. The van der Waals surface area contributed by atoms with Crippen molar-refractivity contribution < 1.29 is 24.2 Å². The molecule has 3 aliphatic rings. The van der Waals surface area contributed by atoms with Crippen molar-refractivity contribution in [2.24, 2.45) is 5.92 Å². The van der Waals surface area contributed by atoms with Gasteiger partial charge in [-0.15, -0.1) is 5.10 Å². The zero-order chi connectivity index (χ0) is 37.2. The van der Waals surface area contributed by atoms with E-state index in [2.05, 4.69) is 50.2 Å². The topological polar surface area (TPSA) is 121 Å². The lowest BCUT2D eigenvalue weighted by Crippen LogP contribution is -2.46. The largest absolute Gasteiger partial charge is 0.432 e. The third-order valence-electron chi connectivity index (χ3n) is 11.3. The van der Waals surface area contributed by atoms with E-state index in [0.29, 0.717) is 38.2 Å². The number of carbonyl (C=O) groups excluding carboxylic acids is 2. The number of nitrogens with zero attached hydrogens (tertiary/aromatic N) is 5. The van der Waals surface area contributed by atoms with Crippen LogP contribution < -0.4 is 9.80 Å². The lowest BCUT2D eigenvalue weighted by Gasteiger charge is -2.33. The third-order valence-corrected chi connectivity index (χ3v) is 13.8. The van der Waals surface area contributed by atoms with E-state index in [1.54, 1.807) is 4.68 Å². The fourth-order valence-corrected chi connectivity index (χ4v) is 11.2. The van der Waals surface area contributed by atoms with E-state index in [1.165, 1.54) is 11.1 Å². The molecule has 0 bridgehead atoms. The van der Waals surface area contributed by atoms with Crippen molar-refractivity contribution >= 4 is 31.5 Å². The first-order valence-electron chi connectivity index (χ1n) is 18.9. The van der Waals surface area contributed by atoms with Crippen molar-refractivity contribution in [2.45, 2.75) is 109 Å². The summed E-state index contributed by atoms with van der Waals surface area (Å²) in [7, 11) is -2.89. The molecule has 5 atom stereocenters. The minimum Gasteiger partial charge on any atom is -0.432 e. The number of rotatable bonds is 13. The summed E-state index contributed by atoms with van der Waals surface area (Å²) in [4.78, 5) is 43.5. The van der Waals surface area contributed by atoms with Gasteiger partial charge in [-0.2, -0.15) is 0 Å². The molecule has 3 aromatic rings. The second kappa shape index (κ2) is 15.6. The van der Waals surface area contributed by atoms with Crippen LogP contribution in [0, 0.1) is 5.92 Å². The van der Waals surface area contributed by atoms with Gasteiger partial charge >= 0.3 is 0 Å². The van der Waals surface area contributed by atoms with Crippen molar-refractivity contribution in [3.8, 4) is 0 Å². The first-order chi connectivity index (χ1) is 24.8. The molecule has 52 heavy (non-hydrogen) atoms. The standard InChI is InChI=1S/C41H55N5O5Si/c1-28(2)13-12-14-29(3)20-24-46-36-19-18-32(45-22-11-10-17-38(45)48)25-34(36)41(40(46)49)30(4)39(52(5,6)50)37(51-41)21-23-44-26-35(42-43-44)33(27-47)31-15-8-7-9-16-31/h7-9,13,15-16,18-20,25-26,30,33,37,39,47,50H,10-12,14,17,21-24,27H2,1-6H3/b29-20+/t30-,33?,37+,39-,41+/m1/s1. The second-order valence-electron chi connectivity index (χ2n) is 15.7. The van der Waals surface area contributed by atoms with Crippen LogP contribution in [0.1, 0.15) is 89.0 Å². The van der Waals surface area contributed by atoms with Gasteiger partial charge in [-0.05, 0) is 89.7 Å². The molecule has 2 N–H and O–H groups in total. The molecule has 1 aromatic heterocycles. The Hall–Kier alpha value is -3.90. The fraction of sp³-hybridized carbons (Fsp3) is 0.512. The first-order valence-corrected chi connectivity index (χ1v) is 21.9. The zero-order valence-electron chi connectivity index (χ0n) is 31.6. The van der Waals surface area contributed by atoms with Crippen LogP contribution >= 0.6 is 0 Å². The highest BCUT2D eigenvalue weighted by atomic mass is 28.4. The number of anilines is 2. The molecule has 2 fully saturated rings. The maximum absolute atomic E-state index is 15.0. The van der Waals surface area contributed by atoms with Crippen LogP contribution in [0.15, 0.2) is 78.0 Å². The number of benzene rings is 2. The van der Waals surface area contributed by atoms with E-state index in [9.17, 15) is 19.5 Å². The average Bonchev–Trinajstić information content (AvgIpc) is 3.76. The number of piperidine rings is 1. The normalized spacial score (nSPS) is 24.2. The summed E-state index contributed by atoms with van der Waals surface area (Å²) in [5, 5.41) is 19.0. The van der Waals surface area contributed by atoms with E-state index < -0.39 is 20.0 Å². The summed E-state index contributed by atoms with van der Waals surface area (Å²) in [6.07, 6.45) is 10.5. The van der Waals surface area contributed by atoms with E-state index in [-0.39, 0.29) is 35.8 Å². The van der Waals surface area contributed by atoms with Gasteiger partial charge < -0.3 is 24.4 Å². The van der Waals surface area contributed by atoms with Crippen LogP contribution in [0.25, 0.3) is 0 Å². The molecular weight excluding hydrogens is 671 g/mol. The Balaban J connectivity index is 1.32. The second-order valence-corrected chi connectivity index (χ2v) is 19.7. The molecule has 4 heterocycles. The molecule has 3 aliphatic heterocycles. The number of fused-ring (bicyclic) bond motifs is 2. The van der Waals surface area contributed by atoms with Gasteiger partial charge in [-0.1, -0.05) is 65.8 Å². The van der Waals surface area contributed by atoms with Crippen LogP contribution in [0.4, 0.5) is 11.4 Å². The molecule has 2 aromatic carbocycles. The van der Waals surface area contributed by atoms with Gasteiger partial charge in [0, 0.05) is 55.0 Å². The molecule has 2 saturated heterocycles. The van der Waals surface area contributed by atoms with Gasteiger partial charge in [0.15, 0.2) is 13.9 Å². The number of hydrogen-bond acceptors (Lipinski definition) is 7. The van der Waals surface area contributed by atoms with Crippen molar-refractivity contribution in [1.82, 2.24) is 15.0 Å². The Morgan fingerprint density at radius 3 is 2.56 bits per heavy atom. The molecule has 1 unspecified atom stereocenters. The first kappa shape index (κ1) is 37.8. The number of aliphatic hydroxyl groups excluding tert-OH is 1. The maximum atomic E-state index is 15.0. The van der Waals surface area contributed by atoms with Gasteiger partial charge in [0.1, 0.15) is 0 Å². The fourth-order valence-electron chi connectivity index (χ4n) is 8.60. The summed E-state index contributed by atoms with van der Waals surface area (Å²) in [6.45, 7) is 13.7. The molecular formula is C41H55N5O5Si. The number of aromatic nitrogens is 3. The van der Waals surface area contributed by atoms with Crippen molar-refractivity contribution in [2.75, 3.05) is 29.5 Å². The molecule has 0 aliphatic carbocycles. The molecule has 278 valence electrons. The molecule has 10 nitrogen and oxygen atoms in total. The number of aliphatic hydroxyl groups is 1. The number of hydrogen-bond donors (Lipinski definition) is 2.